The summed E-state index contributed by atoms with van der Waals surface area (Å²) >= 11 is 0. The third-order valence-corrected chi connectivity index (χ3v) is 16.8. The first-order valence-electron chi connectivity index (χ1n) is 29.1. The zero-order valence-electron chi connectivity index (χ0n) is 44.3. The predicted octanol–water partition coefficient (Wildman–Crippen LogP) is 19.9. The second-order valence-electron chi connectivity index (χ2n) is 22.2. The number of hydrogen-bond donors (Lipinski definition) is 0. The molecule has 2 saturated carbocycles. The molecule has 0 heterocycles. The number of esters is 2. The minimum Gasteiger partial charge on any atom is -0.419 e. The van der Waals surface area contributed by atoms with Crippen LogP contribution >= 0.6 is 0 Å². The van der Waals surface area contributed by atoms with Crippen LogP contribution in [0, 0.1) is 23.7 Å². The van der Waals surface area contributed by atoms with Gasteiger partial charge in [0.25, 0.3) is 0 Å². The van der Waals surface area contributed by atoms with Gasteiger partial charge in [-0.2, -0.15) is 0 Å². The minimum absolute atomic E-state index is 0.215. The van der Waals surface area contributed by atoms with Crippen LogP contribution in [0.1, 0.15) is 213 Å². The quantitative estimate of drug-likeness (QED) is 0.0293. The Kier molecular flexibility index (Phi) is 20.9. The molecule has 4 heteroatoms. The topological polar surface area (TPSA) is 52.6 Å². The number of rotatable bonds is 27. The number of unbranched alkanes of at least 4 members (excludes halogenated alkanes) is 10. The molecule has 0 saturated heterocycles. The standard InChI is InChI=1S/C68H86O4/c1-3-5-7-9-11-22-51-34-38-53(39-35-51)24-13-15-26-55-42-46-58(47-43-55)67(69)71-64-50-60-29-18-20-32-62(60)65(63-33-21-30-57-28-17-19-31-61(57)63)66(64)72-68(70)59-48-44-56(45-49-59)27-16-14-25-54-40-36-52(37-41-54)23-12-10-8-6-4-2/h17-21,28-33,42-54H,3-16,22-27,34-41H2,1-2H3/t51-,52-,53-,54-. The summed E-state index contributed by atoms with van der Waals surface area (Å²) in [5.41, 5.74) is 5.01. The summed E-state index contributed by atoms with van der Waals surface area (Å²) in [6, 6.07) is 40.1. The lowest BCUT2D eigenvalue weighted by molar-refractivity contribution is 0.0683. The number of benzene rings is 6. The van der Waals surface area contributed by atoms with Crippen molar-refractivity contribution >= 4 is 33.5 Å². The molecule has 0 aliphatic heterocycles. The van der Waals surface area contributed by atoms with Gasteiger partial charge >= 0.3 is 11.9 Å². The maximum atomic E-state index is 14.3. The van der Waals surface area contributed by atoms with E-state index in [4.69, 9.17) is 9.47 Å². The van der Waals surface area contributed by atoms with Crippen LogP contribution < -0.4 is 9.47 Å². The van der Waals surface area contributed by atoms with Crippen LogP contribution in [0.3, 0.4) is 0 Å². The molecule has 6 aromatic carbocycles. The highest BCUT2D eigenvalue weighted by Crippen LogP contribution is 2.47. The molecule has 0 aromatic heterocycles. The molecule has 6 aromatic rings. The highest BCUT2D eigenvalue weighted by molar-refractivity contribution is 6.10. The van der Waals surface area contributed by atoms with Crippen molar-refractivity contribution in [2.24, 2.45) is 23.7 Å². The second kappa shape index (κ2) is 28.3. The zero-order valence-corrected chi connectivity index (χ0v) is 44.3. The van der Waals surface area contributed by atoms with Crippen LogP contribution in [0.15, 0.2) is 121 Å². The van der Waals surface area contributed by atoms with Crippen molar-refractivity contribution in [3.05, 3.63) is 144 Å². The van der Waals surface area contributed by atoms with Gasteiger partial charge in [-0.25, -0.2) is 9.59 Å². The molecular weight excluding hydrogens is 881 g/mol. The van der Waals surface area contributed by atoms with Gasteiger partial charge in [0.05, 0.1) is 11.1 Å². The molecule has 0 amide bonds. The molecule has 2 fully saturated rings. The molecule has 8 rings (SSSR count). The molecule has 2 aliphatic carbocycles. The largest absolute Gasteiger partial charge is 0.419 e. The van der Waals surface area contributed by atoms with E-state index in [1.54, 1.807) is 0 Å². The minimum atomic E-state index is -0.489. The van der Waals surface area contributed by atoms with E-state index in [2.05, 4.69) is 62.4 Å². The number of aryl methyl sites for hydroxylation is 2. The van der Waals surface area contributed by atoms with E-state index in [1.165, 1.54) is 165 Å². The highest BCUT2D eigenvalue weighted by atomic mass is 16.6. The lowest BCUT2D eigenvalue weighted by Crippen LogP contribution is -2.14. The number of carbonyl (C=O) groups is 2. The molecule has 0 atom stereocenters. The van der Waals surface area contributed by atoms with Crippen LogP contribution in [0.2, 0.25) is 0 Å². The smallest absolute Gasteiger partial charge is 0.343 e. The Morgan fingerprint density at radius 3 is 1.33 bits per heavy atom. The fourth-order valence-electron chi connectivity index (χ4n) is 12.3. The van der Waals surface area contributed by atoms with Gasteiger partial charge < -0.3 is 9.47 Å². The van der Waals surface area contributed by atoms with Gasteiger partial charge in [-0.3, -0.25) is 0 Å². The highest BCUT2D eigenvalue weighted by Gasteiger charge is 2.26. The van der Waals surface area contributed by atoms with E-state index in [9.17, 15) is 9.59 Å². The van der Waals surface area contributed by atoms with E-state index < -0.39 is 11.9 Å². The molecule has 72 heavy (non-hydrogen) atoms. The van der Waals surface area contributed by atoms with Gasteiger partial charge in [0.1, 0.15) is 0 Å². The summed E-state index contributed by atoms with van der Waals surface area (Å²) < 4.78 is 12.8. The first-order chi connectivity index (χ1) is 35.4. The van der Waals surface area contributed by atoms with Crippen molar-refractivity contribution in [1.82, 2.24) is 0 Å². The SMILES string of the molecule is CCCCCCC[C@H]1CC[C@H](CCCCc2ccc(C(=O)Oc3cc4ccccc4c(-c4cccc5ccccc45)c3OC(=O)c3ccc(CCCC[C@H]4CC[C@H](CCCCCCC)CC4)cc3)cc2)CC1. The lowest BCUT2D eigenvalue weighted by atomic mass is 9.78. The van der Waals surface area contributed by atoms with Crippen LogP contribution in [-0.4, -0.2) is 11.9 Å². The molecule has 0 radical (unpaired) electrons. The normalized spacial score (nSPS) is 18.1. The maximum Gasteiger partial charge on any atom is 0.343 e. The monoisotopic (exact) mass is 967 g/mol. The zero-order chi connectivity index (χ0) is 49.7. The van der Waals surface area contributed by atoms with Gasteiger partial charge in [0.2, 0.25) is 0 Å². The fourth-order valence-corrected chi connectivity index (χ4v) is 12.3. The van der Waals surface area contributed by atoms with Crippen molar-refractivity contribution in [3.8, 4) is 22.6 Å². The van der Waals surface area contributed by atoms with Gasteiger partial charge in [-0.15, -0.1) is 0 Å². The van der Waals surface area contributed by atoms with Gasteiger partial charge in [0.15, 0.2) is 11.5 Å². The molecule has 0 unspecified atom stereocenters. The Hall–Kier alpha value is -5.22. The number of hydrogen-bond acceptors (Lipinski definition) is 4. The summed E-state index contributed by atoms with van der Waals surface area (Å²) in [5, 5.41) is 3.87. The van der Waals surface area contributed by atoms with Crippen molar-refractivity contribution in [2.75, 3.05) is 0 Å². The molecule has 0 bridgehead atoms. The number of ether oxygens (including phenoxy) is 2. The molecule has 0 spiro atoms. The van der Waals surface area contributed by atoms with Crippen molar-refractivity contribution in [3.63, 3.8) is 0 Å². The third-order valence-electron chi connectivity index (χ3n) is 16.8. The Morgan fingerprint density at radius 1 is 0.417 bits per heavy atom. The van der Waals surface area contributed by atoms with E-state index in [-0.39, 0.29) is 11.5 Å². The summed E-state index contributed by atoms with van der Waals surface area (Å²) in [6.45, 7) is 4.59. The number of carbonyl (C=O) groups excluding carboxylic acids is 2. The first-order valence-corrected chi connectivity index (χ1v) is 29.1. The summed E-state index contributed by atoms with van der Waals surface area (Å²) in [5.74, 6) is 3.17. The second-order valence-corrected chi connectivity index (χ2v) is 22.2. The number of fused-ring (bicyclic) bond motifs is 2. The fraction of sp³-hybridized carbons (Fsp3) is 0.500. The van der Waals surface area contributed by atoms with Crippen LogP contribution in [0.25, 0.3) is 32.7 Å². The summed E-state index contributed by atoms with van der Waals surface area (Å²) in [7, 11) is 0. The Bertz CT molecular complexity index is 2570. The van der Waals surface area contributed by atoms with Crippen LogP contribution in [-0.2, 0) is 12.8 Å². The maximum absolute atomic E-state index is 14.3. The van der Waals surface area contributed by atoms with Crippen LogP contribution in [0.5, 0.6) is 11.5 Å². The Morgan fingerprint density at radius 2 is 0.833 bits per heavy atom. The molecule has 0 N–H and O–H groups in total. The first kappa shape index (κ1) is 53.1. The molecule has 2 aliphatic rings. The Balaban J connectivity index is 0.893. The molecular formula is C68H86O4. The van der Waals surface area contributed by atoms with Gasteiger partial charge in [-0.1, -0.05) is 259 Å². The van der Waals surface area contributed by atoms with E-state index >= 15 is 0 Å². The Labute approximate surface area is 434 Å². The van der Waals surface area contributed by atoms with Gasteiger partial charge in [-0.05, 0) is 118 Å². The third kappa shape index (κ3) is 15.4. The summed E-state index contributed by atoms with van der Waals surface area (Å²) in [6.07, 6.45) is 37.6. The van der Waals surface area contributed by atoms with Gasteiger partial charge in [0, 0.05) is 5.56 Å². The molecule has 382 valence electrons. The van der Waals surface area contributed by atoms with Crippen molar-refractivity contribution in [2.45, 2.75) is 194 Å². The van der Waals surface area contributed by atoms with E-state index in [0.29, 0.717) is 11.1 Å². The average molecular weight is 967 g/mol. The van der Waals surface area contributed by atoms with E-state index in [1.807, 2.05) is 72.8 Å². The molecule has 4 nitrogen and oxygen atoms in total. The average Bonchev–Trinajstić information content (AvgIpc) is 3.42. The lowest BCUT2D eigenvalue weighted by Gasteiger charge is -2.28. The summed E-state index contributed by atoms with van der Waals surface area (Å²) in [4.78, 5) is 28.5. The van der Waals surface area contributed by atoms with E-state index in [0.717, 1.165) is 82.0 Å². The van der Waals surface area contributed by atoms with Crippen molar-refractivity contribution in [1.29, 1.82) is 0 Å². The van der Waals surface area contributed by atoms with Crippen molar-refractivity contribution < 1.29 is 19.1 Å². The predicted molar refractivity (Wildman–Crippen MR) is 302 cm³/mol. The van der Waals surface area contributed by atoms with Crippen LogP contribution in [0.4, 0.5) is 0 Å².